The Morgan fingerprint density at radius 1 is 1.08 bits per heavy atom. The number of aromatic nitrogens is 1. The summed E-state index contributed by atoms with van der Waals surface area (Å²) in [7, 11) is 0. The zero-order valence-corrected chi connectivity index (χ0v) is 15.4. The van der Waals surface area contributed by atoms with Crippen molar-refractivity contribution in [1.29, 1.82) is 0 Å². The smallest absolute Gasteiger partial charge is 0.263 e. The molecule has 0 bridgehead atoms. The second-order valence-corrected chi connectivity index (χ2v) is 6.61. The summed E-state index contributed by atoms with van der Waals surface area (Å²) in [4.78, 5) is 25.0. The van der Waals surface area contributed by atoms with Gasteiger partial charge in [0.2, 0.25) is 0 Å². The van der Waals surface area contributed by atoms with E-state index in [1.165, 1.54) is 22.8 Å². The van der Waals surface area contributed by atoms with E-state index >= 15 is 0 Å². The van der Waals surface area contributed by atoms with Gasteiger partial charge in [-0.15, -0.1) is 0 Å². The third-order valence-corrected chi connectivity index (χ3v) is 4.68. The van der Waals surface area contributed by atoms with E-state index < -0.39 is 5.91 Å². The maximum atomic E-state index is 13.3. The van der Waals surface area contributed by atoms with Gasteiger partial charge in [0.1, 0.15) is 11.4 Å². The van der Waals surface area contributed by atoms with Gasteiger partial charge in [-0.05, 0) is 41.5 Å². The van der Waals surface area contributed by atoms with Crippen LogP contribution < -0.4 is 10.9 Å². The van der Waals surface area contributed by atoms with E-state index in [4.69, 9.17) is 0 Å². The number of rotatable bonds is 5. The zero-order chi connectivity index (χ0) is 18.5. The number of hydrogen-bond donors (Lipinski definition) is 1. The Hall–Kier alpha value is -2.73. The average molecular weight is 415 g/mol. The van der Waals surface area contributed by atoms with E-state index in [1.54, 1.807) is 18.3 Å². The van der Waals surface area contributed by atoms with Crippen molar-refractivity contribution in [2.75, 3.05) is 0 Å². The van der Waals surface area contributed by atoms with Crippen LogP contribution in [0.2, 0.25) is 0 Å². The van der Waals surface area contributed by atoms with E-state index in [0.29, 0.717) is 16.6 Å². The number of amides is 1. The zero-order valence-electron chi connectivity index (χ0n) is 13.8. The number of carbonyl (C=O) groups excluding carboxylic acids is 1. The first kappa shape index (κ1) is 18.1. The topological polar surface area (TPSA) is 51.1 Å². The minimum atomic E-state index is -0.492. The Labute approximate surface area is 158 Å². The molecule has 0 aliphatic heterocycles. The Morgan fingerprint density at radius 3 is 2.62 bits per heavy atom. The van der Waals surface area contributed by atoms with Crippen molar-refractivity contribution >= 4 is 21.8 Å². The molecule has 0 saturated heterocycles. The largest absolute Gasteiger partial charge is 0.348 e. The average Bonchev–Trinajstić information content (AvgIpc) is 2.65. The van der Waals surface area contributed by atoms with Crippen LogP contribution in [0.1, 0.15) is 21.5 Å². The van der Waals surface area contributed by atoms with Gasteiger partial charge in [0, 0.05) is 17.2 Å². The first-order chi connectivity index (χ1) is 12.5. The Morgan fingerprint density at radius 2 is 1.85 bits per heavy atom. The number of carbonyl (C=O) groups is 1. The fourth-order valence-electron chi connectivity index (χ4n) is 2.56. The first-order valence-electron chi connectivity index (χ1n) is 8.00. The second-order valence-electron chi connectivity index (χ2n) is 5.76. The third-order valence-electron chi connectivity index (χ3n) is 3.91. The SMILES string of the molecule is O=C(NCc1cc(F)ccc1Br)c1cccn(Cc2ccccc2)c1=O. The number of nitrogens with zero attached hydrogens (tertiary/aromatic N) is 1. The molecule has 1 heterocycles. The molecule has 1 N–H and O–H groups in total. The summed E-state index contributed by atoms with van der Waals surface area (Å²) in [6, 6.07) is 16.9. The predicted octanol–water partition coefficient (Wildman–Crippen LogP) is 3.73. The van der Waals surface area contributed by atoms with E-state index in [2.05, 4.69) is 21.2 Å². The summed E-state index contributed by atoms with van der Waals surface area (Å²) in [6.45, 7) is 0.500. The monoisotopic (exact) mass is 414 g/mol. The molecule has 26 heavy (non-hydrogen) atoms. The lowest BCUT2D eigenvalue weighted by molar-refractivity contribution is 0.0948. The third kappa shape index (κ3) is 4.26. The molecule has 132 valence electrons. The highest BCUT2D eigenvalue weighted by Crippen LogP contribution is 2.17. The van der Waals surface area contributed by atoms with Gasteiger partial charge in [-0.25, -0.2) is 4.39 Å². The van der Waals surface area contributed by atoms with Crippen LogP contribution in [0.5, 0.6) is 0 Å². The standard InChI is InChI=1S/C20H16BrFN2O2/c21-18-9-8-16(22)11-15(18)12-23-19(25)17-7-4-10-24(20(17)26)13-14-5-2-1-3-6-14/h1-11H,12-13H2,(H,23,25). The van der Waals surface area contributed by atoms with Crippen LogP contribution >= 0.6 is 15.9 Å². The van der Waals surface area contributed by atoms with Gasteiger partial charge in [-0.1, -0.05) is 46.3 Å². The van der Waals surface area contributed by atoms with Gasteiger partial charge in [0.05, 0.1) is 6.54 Å². The molecule has 0 atom stereocenters. The van der Waals surface area contributed by atoms with Crippen molar-refractivity contribution in [2.24, 2.45) is 0 Å². The van der Waals surface area contributed by atoms with Gasteiger partial charge in [0.25, 0.3) is 11.5 Å². The molecule has 1 aromatic heterocycles. The van der Waals surface area contributed by atoms with Gasteiger partial charge >= 0.3 is 0 Å². The fourth-order valence-corrected chi connectivity index (χ4v) is 2.95. The van der Waals surface area contributed by atoms with Gasteiger partial charge < -0.3 is 9.88 Å². The molecule has 0 spiro atoms. The summed E-state index contributed by atoms with van der Waals surface area (Å²) < 4.78 is 15.5. The number of pyridine rings is 1. The Balaban J connectivity index is 1.76. The summed E-state index contributed by atoms with van der Waals surface area (Å²) in [5, 5.41) is 2.67. The quantitative estimate of drug-likeness (QED) is 0.691. The Kier molecular flexibility index (Phi) is 5.63. The molecule has 0 saturated carbocycles. The molecular formula is C20H16BrFN2O2. The fraction of sp³-hybridized carbons (Fsp3) is 0.100. The van der Waals surface area contributed by atoms with Gasteiger partial charge in [-0.2, -0.15) is 0 Å². The normalized spacial score (nSPS) is 10.5. The number of halogens is 2. The van der Waals surface area contributed by atoms with Crippen molar-refractivity contribution in [1.82, 2.24) is 9.88 Å². The Bertz CT molecular complexity index is 987. The molecule has 0 radical (unpaired) electrons. The van der Waals surface area contributed by atoms with E-state index in [1.807, 2.05) is 30.3 Å². The molecule has 3 rings (SSSR count). The summed E-state index contributed by atoms with van der Waals surface area (Å²) >= 11 is 3.32. The van der Waals surface area contributed by atoms with Crippen molar-refractivity contribution in [3.63, 3.8) is 0 Å². The molecule has 3 aromatic rings. The summed E-state index contributed by atoms with van der Waals surface area (Å²) in [5.41, 5.74) is 1.25. The second kappa shape index (κ2) is 8.10. The van der Waals surface area contributed by atoms with E-state index in [9.17, 15) is 14.0 Å². The van der Waals surface area contributed by atoms with Gasteiger partial charge in [0.15, 0.2) is 0 Å². The van der Waals surface area contributed by atoms with Crippen molar-refractivity contribution in [3.05, 3.63) is 104 Å². The van der Waals surface area contributed by atoms with E-state index in [0.717, 1.165) is 5.56 Å². The molecule has 4 nitrogen and oxygen atoms in total. The number of nitrogens with one attached hydrogen (secondary N) is 1. The van der Waals surface area contributed by atoms with Crippen LogP contribution in [-0.2, 0) is 13.1 Å². The molecule has 0 aliphatic rings. The van der Waals surface area contributed by atoms with Gasteiger partial charge in [-0.3, -0.25) is 9.59 Å². The van der Waals surface area contributed by atoms with Crippen molar-refractivity contribution < 1.29 is 9.18 Å². The number of hydrogen-bond acceptors (Lipinski definition) is 2. The van der Waals surface area contributed by atoms with Crippen LogP contribution in [0.25, 0.3) is 0 Å². The lowest BCUT2D eigenvalue weighted by Crippen LogP contribution is -2.32. The predicted molar refractivity (Wildman–Crippen MR) is 102 cm³/mol. The maximum absolute atomic E-state index is 13.3. The molecule has 0 fully saturated rings. The minimum Gasteiger partial charge on any atom is -0.348 e. The molecule has 0 aliphatic carbocycles. The first-order valence-corrected chi connectivity index (χ1v) is 8.79. The van der Waals surface area contributed by atoms with Crippen LogP contribution in [0, 0.1) is 5.82 Å². The lowest BCUT2D eigenvalue weighted by Gasteiger charge is -2.10. The molecule has 0 unspecified atom stereocenters. The summed E-state index contributed by atoms with van der Waals surface area (Å²) in [5.74, 6) is -0.879. The molecule has 1 amide bonds. The van der Waals surface area contributed by atoms with Crippen LogP contribution in [0.3, 0.4) is 0 Å². The highest BCUT2D eigenvalue weighted by Gasteiger charge is 2.13. The lowest BCUT2D eigenvalue weighted by atomic mass is 10.2. The highest BCUT2D eigenvalue weighted by atomic mass is 79.9. The van der Waals surface area contributed by atoms with Crippen LogP contribution in [0.4, 0.5) is 4.39 Å². The number of benzene rings is 2. The molecule has 6 heteroatoms. The van der Waals surface area contributed by atoms with Crippen molar-refractivity contribution in [2.45, 2.75) is 13.1 Å². The van der Waals surface area contributed by atoms with Crippen LogP contribution in [-0.4, -0.2) is 10.5 Å². The molecular weight excluding hydrogens is 399 g/mol. The van der Waals surface area contributed by atoms with E-state index in [-0.39, 0.29) is 23.5 Å². The summed E-state index contributed by atoms with van der Waals surface area (Å²) in [6.07, 6.45) is 1.65. The highest BCUT2D eigenvalue weighted by molar-refractivity contribution is 9.10. The van der Waals surface area contributed by atoms with Crippen LogP contribution in [0.15, 0.2) is 76.1 Å². The molecule has 2 aromatic carbocycles. The minimum absolute atomic E-state index is 0.0518. The maximum Gasteiger partial charge on any atom is 0.263 e. The van der Waals surface area contributed by atoms with Crippen molar-refractivity contribution in [3.8, 4) is 0 Å².